The molecular formula is C19H28ClN5S. The molecule has 0 aliphatic carbocycles. The molecule has 2 atom stereocenters. The van der Waals surface area contributed by atoms with Crippen LogP contribution in [0, 0.1) is 5.92 Å². The largest absolute Gasteiger partial charge is 0.286 e. The van der Waals surface area contributed by atoms with E-state index in [4.69, 9.17) is 16.7 Å². The molecule has 2 rings (SSSR count). The second kappa shape index (κ2) is 10.7. The van der Waals surface area contributed by atoms with Crippen molar-refractivity contribution in [3.05, 3.63) is 35.1 Å². The average Bonchev–Trinajstić information content (AvgIpc) is 3.14. The van der Waals surface area contributed by atoms with E-state index in [1.54, 1.807) is 16.6 Å². The Hall–Kier alpha value is -1.40. The molecule has 0 aliphatic heterocycles. The number of rotatable bonds is 9. The first-order chi connectivity index (χ1) is 12.6. The van der Waals surface area contributed by atoms with E-state index in [-0.39, 0.29) is 5.92 Å². The van der Waals surface area contributed by atoms with Crippen LogP contribution in [-0.2, 0) is 0 Å². The van der Waals surface area contributed by atoms with Gasteiger partial charge in [-0.2, -0.15) is 0 Å². The normalized spacial score (nSPS) is 14.4. The maximum atomic E-state index is 6.09. The van der Waals surface area contributed by atoms with E-state index in [1.165, 1.54) is 5.04 Å². The highest BCUT2D eigenvalue weighted by Crippen LogP contribution is 2.33. The summed E-state index contributed by atoms with van der Waals surface area (Å²) in [4.78, 5) is 6.00. The van der Waals surface area contributed by atoms with Gasteiger partial charge in [0.15, 0.2) is 5.82 Å². The van der Waals surface area contributed by atoms with Gasteiger partial charge in [-0.25, -0.2) is 0 Å². The van der Waals surface area contributed by atoms with Crippen LogP contribution in [0.15, 0.2) is 29.3 Å². The number of benzene rings is 1. The van der Waals surface area contributed by atoms with Crippen molar-refractivity contribution < 1.29 is 0 Å². The SMILES string of the molecule is CCCC[C@H](c1nnn(-c2cccc(Cl)c2)n1)C(CC)CC(=NC)SC. The number of hydrogen-bond acceptors (Lipinski definition) is 5. The summed E-state index contributed by atoms with van der Waals surface area (Å²) in [6.45, 7) is 4.45. The molecule has 142 valence electrons. The number of tetrazole rings is 1. The molecule has 0 amide bonds. The van der Waals surface area contributed by atoms with Crippen molar-refractivity contribution in [2.45, 2.75) is 51.9 Å². The number of nitrogens with zero attached hydrogens (tertiary/aromatic N) is 5. The summed E-state index contributed by atoms with van der Waals surface area (Å²) in [5.41, 5.74) is 0.832. The number of hydrogen-bond donors (Lipinski definition) is 0. The lowest BCUT2D eigenvalue weighted by Crippen LogP contribution is -2.17. The quantitative estimate of drug-likeness (QED) is 0.423. The summed E-state index contributed by atoms with van der Waals surface area (Å²) >= 11 is 7.82. The summed E-state index contributed by atoms with van der Waals surface area (Å²) in [7, 11) is 1.87. The summed E-state index contributed by atoms with van der Waals surface area (Å²) in [6, 6.07) is 7.52. The Morgan fingerprint density at radius 2 is 2.15 bits per heavy atom. The molecule has 0 aliphatic rings. The third-order valence-corrected chi connectivity index (χ3v) is 5.74. The maximum absolute atomic E-state index is 6.09. The monoisotopic (exact) mass is 393 g/mol. The van der Waals surface area contributed by atoms with Gasteiger partial charge in [0.2, 0.25) is 0 Å². The third kappa shape index (κ3) is 5.55. The topological polar surface area (TPSA) is 56.0 Å². The van der Waals surface area contributed by atoms with Crippen molar-refractivity contribution in [3.8, 4) is 5.69 Å². The first-order valence-corrected chi connectivity index (χ1v) is 10.8. The minimum Gasteiger partial charge on any atom is -0.286 e. The lowest BCUT2D eigenvalue weighted by Gasteiger charge is -2.24. The van der Waals surface area contributed by atoms with Crippen molar-refractivity contribution >= 4 is 28.4 Å². The fourth-order valence-electron chi connectivity index (χ4n) is 3.14. The molecular weight excluding hydrogens is 366 g/mol. The van der Waals surface area contributed by atoms with E-state index in [2.05, 4.69) is 35.4 Å². The van der Waals surface area contributed by atoms with Crippen LogP contribution in [0.25, 0.3) is 5.69 Å². The van der Waals surface area contributed by atoms with Gasteiger partial charge in [-0.05, 0) is 48.4 Å². The van der Waals surface area contributed by atoms with Gasteiger partial charge in [0.05, 0.1) is 10.7 Å². The van der Waals surface area contributed by atoms with Crippen molar-refractivity contribution in [2.24, 2.45) is 10.9 Å². The predicted octanol–water partition coefficient (Wildman–Crippen LogP) is 5.40. The van der Waals surface area contributed by atoms with Crippen LogP contribution in [0.5, 0.6) is 0 Å². The van der Waals surface area contributed by atoms with E-state index in [1.807, 2.05) is 31.3 Å². The van der Waals surface area contributed by atoms with Gasteiger partial charge in [0, 0.05) is 18.0 Å². The molecule has 0 N–H and O–H groups in total. The van der Waals surface area contributed by atoms with Crippen LogP contribution in [0.3, 0.4) is 0 Å². The molecule has 0 saturated heterocycles. The van der Waals surface area contributed by atoms with Crippen LogP contribution < -0.4 is 0 Å². The van der Waals surface area contributed by atoms with Crippen LogP contribution >= 0.6 is 23.4 Å². The van der Waals surface area contributed by atoms with Gasteiger partial charge >= 0.3 is 0 Å². The van der Waals surface area contributed by atoms with Gasteiger partial charge in [-0.3, -0.25) is 4.99 Å². The zero-order valence-corrected chi connectivity index (χ0v) is 17.6. The highest BCUT2D eigenvalue weighted by atomic mass is 35.5. The van der Waals surface area contributed by atoms with E-state index >= 15 is 0 Å². The highest BCUT2D eigenvalue weighted by molar-refractivity contribution is 8.13. The number of thioether (sulfide) groups is 1. The lowest BCUT2D eigenvalue weighted by atomic mass is 9.83. The van der Waals surface area contributed by atoms with Crippen molar-refractivity contribution in [1.82, 2.24) is 20.2 Å². The second-order valence-corrected chi connectivity index (χ2v) is 7.68. The fourth-order valence-corrected chi connectivity index (χ4v) is 3.89. The summed E-state index contributed by atoms with van der Waals surface area (Å²) in [6.07, 6.45) is 7.51. The molecule has 1 aromatic heterocycles. The predicted molar refractivity (Wildman–Crippen MR) is 112 cm³/mol. The molecule has 1 aromatic carbocycles. The summed E-state index contributed by atoms with van der Waals surface area (Å²) in [5.74, 6) is 1.57. The lowest BCUT2D eigenvalue weighted by molar-refractivity contribution is 0.378. The van der Waals surface area contributed by atoms with Crippen LogP contribution in [0.2, 0.25) is 5.02 Å². The van der Waals surface area contributed by atoms with Crippen LogP contribution in [-0.4, -0.2) is 38.6 Å². The summed E-state index contributed by atoms with van der Waals surface area (Å²) < 4.78 is 0. The van der Waals surface area contributed by atoms with E-state index in [0.29, 0.717) is 10.9 Å². The van der Waals surface area contributed by atoms with Gasteiger partial charge < -0.3 is 0 Å². The molecule has 0 fully saturated rings. The third-order valence-electron chi connectivity index (χ3n) is 4.68. The average molecular weight is 394 g/mol. The fraction of sp³-hybridized carbons (Fsp3) is 0.579. The van der Waals surface area contributed by atoms with E-state index < -0.39 is 0 Å². The van der Waals surface area contributed by atoms with E-state index in [9.17, 15) is 0 Å². The molecule has 0 bridgehead atoms. The van der Waals surface area contributed by atoms with Crippen LogP contribution in [0.1, 0.15) is 57.7 Å². The Labute approximate surface area is 165 Å². The molecule has 2 aromatic rings. The van der Waals surface area contributed by atoms with Gasteiger partial charge in [-0.15, -0.1) is 26.8 Å². The number of aliphatic imine (C=N–C) groups is 1. The van der Waals surface area contributed by atoms with E-state index in [0.717, 1.165) is 43.6 Å². The van der Waals surface area contributed by atoms with Crippen molar-refractivity contribution in [3.63, 3.8) is 0 Å². The molecule has 7 heteroatoms. The molecule has 0 radical (unpaired) electrons. The van der Waals surface area contributed by atoms with Crippen LogP contribution in [0.4, 0.5) is 0 Å². The maximum Gasteiger partial charge on any atom is 0.178 e. The first-order valence-electron chi connectivity index (χ1n) is 9.18. The minimum absolute atomic E-state index is 0.289. The minimum atomic E-state index is 0.289. The zero-order valence-electron chi connectivity index (χ0n) is 16.0. The van der Waals surface area contributed by atoms with Crippen molar-refractivity contribution in [1.29, 1.82) is 0 Å². The molecule has 5 nitrogen and oxygen atoms in total. The smallest absolute Gasteiger partial charge is 0.178 e. The number of unbranched alkanes of at least 4 members (excludes halogenated alkanes) is 1. The second-order valence-electron chi connectivity index (χ2n) is 6.36. The summed E-state index contributed by atoms with van der Waals surface area (Å²) in [5, 5.41) is 15.2. The van der Waals surface area contributed by atoms with Crippen molar-refractivity contribution in [2.75, 3.05) is 13.3 Å². The molecule has 1 heterocycles. The molecule has 0 saturated carbocycles. The molecule has 0 spiro atoms. The standard InChI is InChI=1S/C19H28ClN5S/c1-5-7-11-17(14(6-2)12-18(21-3)26-4)19-22-24-25(23-19)16-10-8-9-15(20)13-16/h8-10,13-14,17H,5-7,11-12H2,1-4H3/t14?,17-/m0/s1. The highest BCUT2D eigenvalue weighted by Gasteiger charge is 2.27. The zero-order chi connectivity index (χ0) is 18.9. The Morgan fingerprint density at radius 3 is 2.77 bits per heavy atom. The Morgan fingerprint density at radius 1 is 1.35 bits per heavy atom. The Balaban J connectivity index is 2.28. The first kappa shape index (κ1) is 20.9. The van der Waals surface area contributed by atoms with Gasteiger partial charge in [-0.1, -0.05) is 50.8 Å². The van der Waals surface area contributed by atoms with Gasteiger partial charge in [0.25, 0.3) is 0 Å². The Bertz CT molecular complexity index is 715. The Kier molecular flexibility index (Phi) is 8.59. The van der Waals surface area contributed by atoms with Gasteiger partial charge in [0.1, 0.15) is 0 Å². The molecule has 1 unspecified atom stereocenters. The number of halogens is 1. The molecule has 26 heavy (non-hydrogen) atoms. The number of aromatic nitrogens is 4.